The van der Waals surface area contributed by atoms with Crippen molar-refractivity contribution < 1.29 is 18.7 Å². The number of carbonyl (C=O) groups is 2. The first-order chi connectivity index (χ1) is 9.61. The van der Waals surface area contributed by atoms with Crippen molar-refractivity contribution in [3.63, 3.8) is 0 Å². The van der Waals surface area contributed by atoms with Gasteiger partial charge in [0.2, 0.25) is 5.91 Å². The van der Waals surface area contributed by atoms with Crippen LogP contribution in [0.3, 0.4) is 0 Å². The van der Waals surface area contributed by atoms with Crippen LogP contribution in [0, 0.1) is 11.7 Å². The molecule has 7 heteroatoms. The average molecular weight is 281 g/mol. The molecule has 1 aliphatic heterocycles. The highest BCUT2D eigenvalue weighted by molar-refractivity contribution is 5.84. The fourth-order valence-corrected chi connectivity index (χ4v) is 2.09. The average Bonchev–Trinajstić information content (AvgIpc) is 2.94. The highest BCUT2D eigenvalue weighted by Gasteiger charge is 2.33. The van der Waals surface area contributed by atoms with E-state index in [1.807, 2.05) is 0 Å². The third-order valence-electron chi connectivity index (χ3n) is 3.18. The number of hydrazine groups is 1. The predicted octanol–water partition coefficient (Wildman–Crippen LogP) is -0.120. The first-order valence-electron chi connectivity index (χ1n) is 6.20. The molecule has 6 nitrogen and oxygen atoms in total. The van der Waals surface area contributed by atoms with Gasteiger partial charge in [0.15, 0.2) is 0 Å². The third kappa shape index (κ3) is 3.31. The van der Waals surface area contributed by atoms with Crippen LogP contribution in [0.1, 0.15) is 11.6 Å². The molecular weight excluding hydrogens is 265 g/mol. The minimum Gasteiger partial charge on any atom is -0.468 e. The maximum Gasteiger partial charge on any atom is 0.325 e. The second-order valence-corrected chi connectivity index (χ2v) is 4.45. The van der Waals surface area contributed by atoms with E-state index in [4.69, 9.17) is 0 Å². The van der Waals surface area contributed by atoms with Gasteiger partial charge in [0.05, 0.1) is 19.1 Å². The molecule has 0 radical (unpaired) electrons. The first kappa shape index (κ1) is 14.4. The van der Waals surface area contributed by atoms with Crippen LogP contribution in [0.5, 0.6) is 0 Å². The van der Waals surface area contributed by atoms with Gasteiger partial charge in [-0.25, -0.2) is 9.82 Å². The Bertz CT molecular complexity index is 492. The molecule has 108 valence electrons. The molecule has 2 atom stereocenters. The van der Waals surface area contributed by atoms with Gasteiger partial charge >= 0.3 is 5.97 Å². The van der Waals surface area contributed by atoms with E-state index in [9.17, 15) is 14.0 Å². The molecule has 0 bridgehead atoms. The van der Waals surface area contributed by atoms with Crippen LogP contribution in [0.25, 0.3) is 0 Å². The Kier molecular flexibility index (Phi) is 4.65. The Morgan fingerprint density at radius 2 is 2.10 bits per heavy atom. The number of hydrogen-bond donors (Lipinski definition) is 3. The number of ether oxygens (including phenoxy) is 1. The van der Waals surface area contributed by atoms with Crippen molar-refractivity contribution in [1.29, 1.82) is 0 Å². The Hall–Kier alpha value is -1.99. The van der Waals surface area contributed by atoms with E-state index in [1.54, 1.807) is 12.1 Å². The summed E-state index contributed by atoms with van der Waals surface area (Å²) in [6, 6.07) is 5.67. The Balaban J connectivity index is 2.01. The highest BCUT2D eigenvalue weighted by Crippen LogP contribution is 2.25. The molecule has 1 aromatic carbocycles. The van der Waals surface area contributed by atoms with E-state index < -0.39 is 5.97 Å². The van der Waals surface area contributed by atoms with Crippen molar-refractivity contribution in [3.8, 4) is 0 Å². The van der Waals surface area contributed by atoms with Crippen LogP contribution in [-0.4, -0.2) is 32.1 Å². The summed E-state index contributed by atoms with van der Waals surface area (Å²) in [5.41, 5.74) is 6.67. The minimum absolute atomic E-state index is 0.165. The van der Waals surface area contributed by atoms with Crippen LogP contribution in [0.4, 0.5) is 4.39 Å². The van der Waals surface area contributed by atoms with Gasteiger partial charge in [-0.15, -0.1) is 0 Å². The van der Waals surface area contributed by atoms with Crippen LogP contribution in [0.15, 0.2) is 24.3 Å². The molecule has 1 amide bonds. The summed E-state index contributed by atoms with van der Waals surface area (Å²) in [6.45, 7) is 0.261. The molecular formula is C13H16FN3O3. The van der Waals surface area contributed by atoms with E-state index >= 15 is 0 Å². The number of rotatable bonds is 4. The van der Waals surface area contributed by atoms with E-state index in [0.29, 0.717) is 6.54 Å². The molecule has 0 aliphatic carbocycles. The quantitative estimate of drug-likeness (QED) is 0.671. The maximum atomic E-state index is 12.9. The topological polar surface area (TPSA) is 79.5 Å². The Labute approximate surface area is 115 Å². The lowest BCUT2D eigenvalue weighted by atomic mass is 9.94. The first-order valence-corrected chi connectivity index (χ1v) is 6.20. The van der Waals surface area contributed by atoms with Crippen LogP contribution in [-0.2, 0) is 14.3 Å². The molecule has 0 spiro atoms. The number of amides is 1. The Morgan fingerprint density at radius 3 is 2.75 bits per heavy atom. The van der Waals surface area contributed by atoms with Crippen molar-refractivity contribution in [2.45, 2.75) is 6.04 Å². The summed E-state index contributed by atoms with van der Waals surface area (Å²) in [7, 11) is 1.26. The monoisotopic (exact) mass is 281 g/mol. The maximum absolute atomic E-state index is 12.9. The number of nitrogens with one attached hydrogen (secondary N) is 3. The largest absolute Gasteiger partial charge is 0.468 e. The number of benzene rings is 1. The number of carbonyl (C=O) groups excluding carboxylic acids is 2. The number of hydrogen-bond acceptors (Lipinski definition) is 5. The normalized spacial score (nSPS) is 21.5. The fourth-order valence-electron chi connectivity index (χ4n) is 2.09. The lowest BCUT2D eigenvalue weighted by Gasteiger charge is -2.18. The fraction of sp³-hybridized carbons (Fsp3) is 0.385. The second-order valence-electron chi connectivity index (χ2n) is 4.45. The van der Waals surface area contributed by atoms with Crippen molar-refractivity contribution in [2.24, 2.45) is 5.92 Å². The second kappa shape index (κ2) is 6.44. The number of esters is 1. The van der Waals surface area contributed by atoms with Crippen molar-refractivity contribution in [1.82, 2.24) is 16.2 Å². The van der Waals surface area contributed by atoms with E-state index in [2.05, 4.69) is 20.9 Å². The molecule has 20 heavy (non-hydrogen) atoms. The van der Waals surface area contributed by atoms with Gasteiger partial charge in [-0.1, -0.05) is 12.1 Å². The molecule has 2 rings (SSSR count). The van der Waals surface area contributed by atoms with Gasteiger partial charge in [0, 0.05) is 6.54 Å². The molecule has 1 aromatic rings. The SMILES string of the molecule is COC(=O)CNC(=O)C1CNNC1c1ccc(F)cc1. The molecule has 1 saturated heterocycles. The number of halogens is 1. The lowest BCUT2D eigenvalue weighted by Crippen LogP contribution is -2.38. The summed E-state index contributed by atoms with van der Waals surface area (Å²) in [4.78, 5) is 23.1. The summed E-state index contributed by atoms with van der Waals surface area (Å²) in [6.07, 6.45) is 0. The molecule has 0 saturated carbocycles. The highest BCUT2D eigenvalue weighted by atomic mass is 19.1. The Morgan fingerprint density at radius 1 is 1.40 bits per heavy atom. The molecule has 1 heterocycles. The molecule has 2 unspecified atom stereocenters. The summed E-state index contributed by atoms with van der Waals surface area (Å²) < 4.78 is 17.4. The zero-order valence-corrected chi connectivity index (χ0v) is 11.0. The van der Waals surface area contributed by atoms with Crippen molar-refractivity contribution >= 4 is 11.9 Å². The molecule has 0 aromatic heterocycles. The summed E-state index contributed by atoms with van der Waals surface area (Å²) in [5, 5.41) is 2.52. The summed E-state index contributed by atoms with van der Waals surface area (Å²) >= 11 is 0. The van der Waals surface area contributed by atoms with E-state index in [-0.39, 0.29) is 30.2 Å². The van der Waals surface area contributed by atoms with Gasteiger partial charge in [0.25, 0.3) is 0 Å². The third-order valence-corrected chi connectivity index (χ3v) is 3.18. The van der Waals surface area contributed by atoms with E-state index in [1.165, 1.54) is 19.2 Å². The van der Waals surface area contributed by atoms with Crippen LogP contribution in [0.2, 0.25) is 0 Å². The zero-order valence-electron chi connectivity index (χ0n) is 11.0. The van der Waals surface area contributed by atoms with Crippen LogP contribution >= 0.6 is 0 Å². The van der Waals surface area contributed by atoms with Crippen molar-refractivity contribution in [2.75, 3.05) is 20.2 Å². The standard InChI is InChI=1S/C13H16FN3O3/c1-20-11(18)7-15-13(19)10-6-16-17-12(10)8-2-4-9(14)5-3-8/h2-5,10,12,16-17H,6-7H2,1H3,(H,15,19). The van der Waals surface area contributed by atoms with Gasteiger partial charge in [-0.3, -0.25) is 15.0 Å². The van der Waals surface area contributed by atoms with Gasteiger partial charge in [-0.2, -0.15) is 0 Å². The van der Waals surface area contributed by atoms with E-state index in [0.717, 1.165) is 5.56 Å². The van der Waals surface area contributed by atoms with Gasteiger partial charge < -0.3 is 10.1 Å². The minimum atomic E-state index is -0.504. The zero-order chi connectivity index (χ0) is 14.5. The van der Waals surface area contributed by atoms with Gasteiger partial charge in [0.1, 0.15) is 12.4 Å². The predicted molar refractivity (Wildman–Crippen MR) is 68.8 cm³/mol. The lowest BCUT2D eigenvalue weighted by molar-refractivity contribution is -0.141. The summed E-state index contributed by atoms with van der Waals surface area (Å²) in [5.74, 6) is -1.48. The molecule has 3 N–H and O–H groups in total. The smallest absolute Gasteiger partial charge is 0.325 e. The van der Waals surface area contributed by atoms with Crippen LogP contribution < -0.4 is 16.2 Å². The number of methoxy groups -OCH3 is 1. The van der Waals surface area contributed by atoms with Gasteiger partial charge in [-0.05, 0) is 17.7 Å². The van der Waals surface area contributed by atoms with Crippen molar-refractivity contribution in [3.05, 3.63) is 35.6 Å². The molecule has 1 aliphatic rings. The molecule has 1 fully saturated rings.